The number of nitrogens with one attached hydrogen (secondary N) is 1. The maximum atomic E-state index is 12.6. The van der Waals surface area contributed by atoms with Gasteiger partial charge in [-0.05, 0) is 48.9 Å². The van der Waals surface area contributed by atoms with Crippen LogP contribution in [-0.4, -0.2) is 39.3 Å². The van der Waals surface area contributed by atoms with Crippen LogP contribution in [0.4, 0.5) is 5.69 Å². The molecule has 0 radical (unpaired) electrons. The van der Waals surface area contributed by atoms with Gasteiger partial charge in [0.05, 0.1) is 13.0 Å². The second kappa shape index (κ2) is 8.55. The first-order chi connectivity index (χ1) is 13.8. The minimum absolute atomic E-state index is 0.0764. The van der Waals surface area contributed by atoms with E-state index in [4.69, 9.17) is 9.47 Å². The smallest absolute Gasteiger partial charge is 0.226 e. The number of nitrogens with zero attached hydrogens (tertiary/aromatic N) is 1. The lowest BCUT2D eigenvalue weighted by Gasteiger charge is -2.31. The van der Waals surface area contributed by atoms with Crippen molar-refractivity contribution in [3.05, 3.63) is 53.6 Å². The number of carbonyl (C=O) groups excluding carboxylic acids is 1. The van der Waals surface area contributed by atoms with Crippen LogP contribution in [0.25, 0.3) is 0 Å². The highest BCUT2D eigenvalue weighted by Gasteiger charge is 2.27. The lowest BCUT2D eigenvalue weighted by Crippen LogP contribution is -2.39. The number of hydrogen-bond donors (Lipinski definition) is 1. The highest BCUT2D eigenvalue weighted by Crippen LogP contribution is 2.36. The van der Waals surface area contributed by atoms with Gasteiger partial charge in [0, 0.05) is 25.3 Å². The molecule has 1 atom stereocenters. The number of benzene rings is 2. The summed E-state index contributed by atoms with van der Waals surface area (Å²) in [5, 5.41) is 3.10. The maximum absolute atomic E-state index is 12.6. The van der Waals surface area contributed by atoms with E-state index < -0.39 is 0 Å². The second-order valence-corrected chi connectivity index (χ2v) is 7.52. The summed E-state index contributed by atoms with van der Waals surface area (Å²) in [5.74, 6) is 1.44. The first-order valence-electron chi connectivity index (χ1n) is 10.2. The van der Waals surface area contributed by atoms with Crippen LogP contribution in [0, 0.1) is 5.92 Å². The maximum Gasteiger partial charge on any atom is 0.226 e. The molecule has 2 aromatic carbocycles. The molecule has 28 heavy (non-hydrogen) atoms. The van der Waals surface area contributed by atoms with Crippen LogP contribution in [0.3, 0.4) is 0 Å². The summed E-state index contributed by atoms with van der Waals surface area (Å²) in [6.07, 6.45) is 4.00. The Kier molecular flexibility index (Phi) is 5.70. The minimum Gasteiger partial charge on any atom is -0.493 e. The van der Waals surface area contributed by atoms with Crippen molar-refractivity contribution in [1.29, 1.82) is 0 Å². The third-order valence-electron chi connectivity index (χ3n) is 5.66. The molecule has 0 spiro atoms. The number of anilines is 1. The highest BCUT2D eigenvalue weighted by atomic mass is 16.5. The van der Waals surface area contributed by atoms with Crippen LogP contribution in [0.1, 0.15) is 24.0 Å². The quantitative estimate of drug-likeness (QED) is 0.782. The zero-order valence-corrected chi connectivity index (χ0v) is 16.4. The Labute approximate surface area is 166 Å². The summed E-state index contributed by atoms with van der Waals surface area (Å²) >= 11 is 0. The Balaban J connectivity index is 1.26. The SMILES string of the molecule is COc1cccc2c1OCC(C(=O)NCCCN1CCCc3ccccc31)C2. The number of ether oxygens (including phenoxy) is 2. The molecule has 2 aliphatic rings. The molecule has 0 aromatic heterocycles. The molecule has 0 aliphatic carbocycles. The van der Waals surface area contributed by atoms with E-state index in [2.05, 4.69) is 34.5 Å². The number of para-hydroxylation sites is 2. The molecule has 5 heteroatoms. The molecular weight excluding hydrogens is 352 g/mol. The molecule has 4 rings (SSSR count). The number of rotatable bonds is 6. The first-order valence-corrected chi connectivity index (χ1v) is 10.2. The molecule has 2 aromatic rings. The van der Waals surface area contributed by atoms with Crippen molar-refractivity contribution in [3.63, 3.8) is 0 Å². The van der Waals surface area contributed by atoms with Crippen molar-refractivity contribution in [1.82, 2.24) is 5.32 Å². The fourth-order valence-electron chi connectivity index (χ4n) is 4.19. The fourth-order valence-corrected chi connectivity index (χ4v) is 4.19. The lowest BCUT2D eigenvalue weighted by molar-refractivity contribution is -0.126. The number of aryl methyl sites for hydroxylation is 1. The zero-order valence-electron chi connectivity index (χ0n) is 16.4. The molecule has 0 saturated carbocycles. The van der Waals surface area contributed by atoms with E-state index in [1.165, 1.54) is 17.7 Å². The number of methoxy groups -OCH3 is 1. The van der Waals surface area contributed by atoms with Gasteiger partial charge in [-0.2, -0.15) is 0 Å². The van der Waals surface area contributed by atoms with Gasteiger partial charge in [-0.15, -0.1) is 0 Å². The van der Waals surface area contributed by atoms with Crippen molar-refractivity contribution in [2.75, 3.05) is 38.3 Å². The third-order valence-corrected chi connectivity index (χ3v) is 5.66. The normalized spacial score (nSPS) is 17.9. The fraction of sp³-hybridized carbons (Fsp3) is 0.435. The van der Waals surface area contributed by atoms with Crippen molar-refractivity contribution in [2.24, 2.45) is 5.92 Å². The molecule has 148 valence electrons. The Morgan fingerprint density at radius 1 is 1.21 bits per heavy atom. The van der Waals surface area contributed by atoms with Gasteiger partial charge < -0.3 is 19.7 Å². The molecule has 5 nitrogen and oxygen atoms in total. The summed E-state index contributed by atoms with van der Waals surface area (Å²) in [4.78, 5) is 15.0. The van der Waals surface area contributed by atoms with Crippen molar-refractivity contribution in [3.8, 4) is 11.5 Å². The summed E-state index contributed by atoms with van der Waals surface area (Å²) in [6, 6.07) is 14.5. The van der Waals surface area contributed by atoms with Crippen molar-refractivity contribution in [2.45, 2.75) is 25.7 Å². The predicted octanol–water partition coefficient (Wildman–Crippen LogP) is 3.21. The van der Waals surface area contributed by atoms with Crippen LogP contribution in [-0.2, 0) is 17.6 Å². The molecule has 1 N–H and O–H groups in total. The van der Waals surface area contributed by atoms with Gasteiger partial charge in [0.15, 0.2) is 11.5 Å². The first kappa shape index (κ1) is 18.7. The molecule has 0 saturated heterocycles. The largest absolute Gasteiger partial charge is 0.493 e. The lowest BCUT2D eigenvalue weighted by atomic mass is 9.95. The van der Waals surface area contributed by atoms with Crippen LogP contribution in [0.5, 0.6) is 11.5 Å². The van der Waals surface area contributed by atoms with Gasteiger partial charge in [0.25, 0.3) is 0 Å². The third kappa shape index (κ3) is 3.93. The molecular formula is C23H28N2O3. The summed E-state index contributed by atoms with van der Waals surface area (Å²) in [6.45, 7) is 3.16. The van der Waals surface area contributed by atoms with Crippen LogP contribution >= 0.6 is 0 Å². The average molecular weight is 380 g/mol. The van der Waals surface area contributed by atoms with E-state index in [1.807, 2.05) is 18.2 Å². The van der Waals surface area contributed by atoms with Gasteiger partial charge >= 0.3 is 0 Å². The standard InChI is InChI=1S/C23H28N2O3/c1-27-21-11-4-8-18-15-19(16-28-22(18)21)23(26)24-12-6-14-25-13-5-9-17-7-2-3-10-20(17)25/h2-4,7-8,10-11,19H,5-6,9,12-16H2,1H3,(H,24,26). The molecule has 0 bridgehead atoms. The summed E-state index contributed by atoms with van der Waals surface area (Å²) in [7, 11) is 1.64. The monoisotopic (exact) mass is 380 g/mol. The molecule has 2 heterocycles. The Morgan fingerprint density at radius 2 is 2.07 bits per heavy atom. The van der Waals surface area contributed by atoms with Gasteiger partial charge in [0.2, 0.25) is 5.91 Å². The van der Waals surface area contributed by atoms with Crippen molar-refractivity contribution < 1.29 is 14.3 Å². The highest BCUT2D eigenvalue weighted by molar-refractivity contribution is 5.79. The molecule has 2 aliphatic heterocycles. The number of carbonyl (C=O) groups is 1. The topological polar surface area (TPSA) is 50.8 Å². The molecule has 1 unspecified atom stereocenters. The number of amides is 1. The Hall–Kier alpha value is -2.69. The Morgan fingerprint density at radius 3 is 2.96 bits per heavy atom. The van der Waals surface area contributed by atoms with E-state index in [1.54, 1.807) is 7.11 Å². The minimum atomic E-state index is -0.143. The molecule has 1 amide bonds. The average Bonchev–Trinajstić information content (AvgIpc) is 2.75. The van der Waals surface area contributed by atoms with E-state index in [9.17, 15) is 4.79 Å². The van der Waals surface area contributed by atoms with E-state index in [0.29, 0.717) is 19.6 Å². The molecule has 0 fully saturated rings. The van der Waals surface area contributed by atoms with Gasteiger partial charge in [-0.1, -0.05) is 30.3 Å². The van der Waals surface area contributed by atoms with Gasteiger partial charge in [-0.25, -0.2) is 0 Å². The zero-order chi connectivity index (χ0) is 19.3. The van der Waals surface area contributed by atoms with Crippen LogP contribution in [0.15, 0.2) is 42.5 Å². The van der Waals surface area contributed by atoms with E-state index in [0.717, 1.165) is 43.0 Å². The predicted molar refractivity (Wildman–Crippen MR) is 110 cm³/mol. The van der Waals surface area contributed by atoms with Gasteiger partial charge in [0.1, 0.15) is 6.61 Å². The van der Waals surface area contributed by atoms with Gasteiger partial charge in [-0.3, -0.25) is 4.79 Å². The summed E-state index contributed by atoms with van der Waals surface area (Å²) in [5.41, 5.74) is 3.83. The number of hydrogen-bond acceptors (Lipinski definition) is 4. The van der Waals surface area contributed by atoms with Crippen LogP contribution in [0.2, 0.25) is 0 Å². The van der Waals surface area contributed by atoms with Crippen molar-refractivity contribution >= 4 is 11.6 Å². The Bertz CT molecular complexity index is 836. The van der Waals surface area contributed by atoms with E-state index in [-0.39, 0.29) is 11.8 Å². The second-order valence-electron chi connectivity index (χ2n) is 7.52. The summed E-state index contributed by atoms with van der Waals surface area (Å²) < 4.78 is 11.2. The number of fused-ring (bicyclic) bond motifs is 2. The van der Waals surface area contributed by atoms with Crippen LogP contribution < -0.4 is 19.7 Å². The van der Waals surface area contributed by atoms with E-state index >= 15 is 0 Å².